The summed E-state index contributed by atoms with van der Waals surface area (Å²) in [7, 11) is 1.38. The summed E-state index contributed by atoms with van der Waals surface area (Å²) in [6.07, 6.45) is 10.6. The highest BCUT2D eigenvalue weighted by atomic mass is 16.6. The van der Waals surface area contributed by atoms with Gasteiger partial charge in [-0.3, -0.25) is 14.4 Å². The third-order valence-electron chi connectivity index (χ3n) is 7.19. The van der Waals surface area contributed by atoms with Gasteiger partial charge in [0.15, 0.2) is 17.4 Å². The largest absolute Gasteiger partial charge is 0.495 e. The van der Waals surface area contributed by atoms with E-state index in [0.717, 1.165) is 19.3 Å². The second-order valence-electron chi connectivity index (χ2n) is 12.3. The minimum atomic E-state index is -1.79. The van der Waals surface area contributed by atoms with Gasteiger partial charge in [0.1, 0.15) is 5.75 Å². The molecule has 1 saturated heterocycles. The predicted octanol–water partition coefficient (Wildman–Crippen LogP) is 6.45. The highest BCUT2D eigenvalue weighted by molar-refractivity contribution is 6.19. The second-order valence-corrected chi connectivity index (χ2v) is 12.3. The molecular weight excluding hydrogens is 540 g/mol. The van der Waals surface area contributed by atoms with E-state index in [-0.39, 0.29) is 23.6 Å². The van der Waals surface area contributed by atoms with Crippen molar-refractivity contribution in [1.82, 2.24) is 4.90 Å². The first kappa shape index (κ1) is 34.8. The summed E-state index contributed by atoms with van der Waals surface area (Å²) in [6, 6.07) is 2.59. The van der Waals surface area contributed by atoms with Gasteiger partial charge >= 0.3 is 12.1 Å². The number of ether oxygens (including phenoxy) is 3. The number of hydrogen-bond donors (Lipinski definition) is 1. The quantitative estimate of drug-likeness (QED) is 0.125. The zero-order valence-electron chi connectivity index (χ0n) is 26.3. The summed E-state index contributed by atoms with van der Waals surface area (Å²) in [5.41, 5.74) is -2.33. The van der Waals surface area contributed by atoms with Gasteiger partial charge in [-0.15, -0.1) is 0 Å². The number of nitrogens with zero attached hydrogens (tertiary/aromatic N) is 1. The number of amides is 3. The molecule has 1 heterocycles. The molecule has 0 spiro atoms. The molecule has 1 unspecified atom stereocenters. The van der Waals surface area contributed by atoms with Gasteiger partial charge in [0, 0.05) is 5.41 Å². The molecule has 0 radical (unpaired) electrons. The molecule has 1 N–H and O–H groups in total. The first-order chi connectivity index (χ1) is 19.7. The van der Waals surface area contributed by atoms with Crippen LogP contribution in [0.1, 0.15) is 116 Å². The molecule has 0 aliphatic carbocycles. The Hall–Kier alpha value is -3.43. The van der Waals surface area contributed by atoms with Crippen LogP contribution < -0.4 is 10.1 Å². The molecule has 1 fully saturated rings. The van der Waals surface area contributed by atoms with E-state index in [4.69, 9.17) is 14.2 Å². The molecule has 0 aromatic heterocycles. The van der Waals surface area contributed by atoms with Gasteiger partial charge < -0.3 is 19.5 Å². The lowest BCUT2D eigenvalue weighted by Gasteiger charge is -2.28. The summed E-state index contributed by atoms with van der Waals surface area (Å²) in [6.45, 7) is 10.0. The minimum absolute atomic E-state index is 0.0851. The summed E-state index contributed by atoms with van der Waals surface area (Å²) < 4.78 is 15.9. The van der Waals surface area contributed by atoms with E-state index in [9.17, 15) is 24.0 Å². The van der Waals surface area contributed by atoms with Crippen LogP contribution in [0.25, 0.3) is 0 Å². The van der Waals surface area contributed by atoms with Crippen LogP contribution in [0.15, 0.2) is 18.2 Å². The number of benzene rings is 1. The molecule has 10 heteroatoms. The number of nitrogens with one attached hydrogen (secondary N) is 1. The van der Waals surface area contributed by atoms with Gasteiger partial charge in [-0.25, -0.2) is 14.5 Å². The van der Waals surface area contributed by atoms with E-state index in [1.54, 1.807) is 20.8 Å². The van der Waals surface area contributed by atoms with Gasteiger partial charge in [-0.05, 0) is 38.5 Å². The van der Waals surface area contributed by atoms with Crippen LogP contribution in [0, 0.1) is 5.41 Å². The summed E-state index contributed by atoms with van der Waals surface area (Å²) in [5.74, 6) is -2.75. The molecule has 1 aliphatic rings. The van der Waals surface area contributed by atoms with Gasteiger partial charge in [0.05, 0.1) is 25.0 Å². The van der Waals surface area contributed by atoms with E-state index in [2.05, 4.69) is 12.2 Å². The van der Waals surface area contributed by atoms with Gasteiger partial charge in [-0.1, -0.05) is 85.5 Å². The maximum absolute atomic E-state index is 13.5. The van der Waals surface area contributed by atoms with Crippen LogP contribution in [0.5, 0.6) is 5.75 Å². The summed E-state index contributed by atoms with van der Waals surface area (Å²) in [4.78, 5) is 65.7. The molecule has 0 bridgehead atoms. The molecule has 10 nitrogen and oxygen atoms in total. The number of anilines is 1. The van der Waals surface area contributed by atoms with Crippen LogP contribution in [0.3, 0.4) is 0 Å². The third-order valence-corrected chi connectivity index (χ3v) is 7.19. The number of rotatable bonds is 17. The van der Waals surface area contributed by atoms with Crippen molar-refractivity contribution < 1.29 is 38.2 Å². The molecule has 1 aromatic carbocycles. The molecule has 42 heavy (non-hydrogen) atoms. The van der Waals surface area contributed by atoms with E-state index >= 15 is 0 Å². The topological polar surface area (TPSA) is 128 Å². The van der Waals surface area contributed by atoms with Crippen molar-refractivity contribution in [2.75, 3.05) is 19.0 Å². The maximum Gasteiger partial charge on any atom is 0.418 e. The fourth-order valence-corrected chi connectivity index (χ4v) is 4.64. The smallest absolute Gasteiger partial charge is 0.418 e. The average Bonchev–Trinajstić information content (AvgIpc) is 3.12. The Morgan fingerprint density at radius 2 is 1.52 bits per heavy atom. The lowest BCUT2D eigenvalue weighted by Crippen LogP contribution is -2.55. The molecule has 3 amide bonds. The Labute approximate surface area is 249 Å². The molecular formula is C32H48N2O8. The first-order valence-corrected chi connectivity index (χ1v) is 15.0. The van der Waals surface area contributed by atoms with Crippen molar-refractivity contribution in [1.29, 1.82) is 0 Å². The Morgan fingerprint density at radius 1 is 0.952 bits per heavy atom. The number of hydrogen-bond acceptors (Lipinski definition) is 8. The predicted molar refractivity (Wildman–Crippen MR) is 159 cm³/mol. The van der Waals surface area contributed by atoms with Crippen LogP contribution in [0.4, 0.5) is 10.5 Å². The zero-order chi connectivity index (χ0) is 31.5. The first-order valence-electron chi connectivity index (χ1n) is 15.0. The summed E-state index contributed by atoms with van der Waals surface area (Å²) in [5, 5.41) is 2.57. The standard InChI is InChI=1S/C32H48N2O8/c1-8-9-10-11-12-13-14-15-16-17-20-41-28(37)22-18-19-24(40-7)23(21-22)33-27(36)25(26(35)31(2,3)4)34-29(38)32(5,6)42-30(34)39/h18-19,21,25H,8-17,20H2,1-7H3,(H,33,36). The van der Waals surface area contributed by atoms with Crippen molar-refractivity contribution in [2.45, 2.75) is 117 Å². The number of cyclic esters (lactones) is 1. The fourth-order valence-electron chi connectivity index (χ4n) is 4.64. The number of carbonyl (C=O) groups is 5. The van der Waals surface area contributed by atoms with Crippen molar-refractivity contribution in [3.63, 3.8) is 0 Å². The van der Waals surface area contributed by atoms with E-state index in [0.29, 0.717) is 4.90 Å². The van der Waals surface area contributed by atoms with Gasteiger partial charge in [0.2, 0.25) is 0 Å². The number of ketones is 1. The lowest BCUT2D eigenvalue weighted by atomic mass is 9.85. The van der Waals surface area contributed by atoms with E-state index in [1.807, 2.05) is 0 Å². The highest BCUT2D eigenvalue weighted by Gasteiger charge is 2.55. The number of esters is 1. The molecule has 1 aromatic rings. The van der Waals surface area contributed by atoms with Gasteiger partial charge in [-0.2, -0.15) is 0 Å². The molecule has 0 saturated carbocycles. The maximum atomic E-state index is 13.5. The highest BCUT2D eigenvalue weighted by Crippen LogP contribution is 2.31. The molecule has 234 valence electrons. The lowest BCUT2D eigenvalue weighted by molar-refractivity contribution is -0.145. The third kappa shape index (κ3) is 9.56. The van der Waals surface area contributed by atoms with Crippen molar-refractivity contribution in [3.05, 3.63) is 23.8 Å². The average molecular weight is 589 g/mol. The van der Waals surface area contributed by atoms with E-state index < -0.39 is 46.7 Å². The number of carbonyl (C=O) groups excluding carboxylic acids is 5. The Morgan fingerprint density at radius 3 is 2.02 bits per heavy atom. The normalized spacial score (nSPS) is 15.3. The number of imide groups is 1. The van der Waals surface area contributed by atoms with Crippen LogP contribution >= 0.6 is 0 Å². The van der Waals surface area contributed by atoms with Crippen LogP contribution in [-0.2, 0) is 23.9 Å². The molecule has 1 atom stereocenters. The number of methoxy groups -OCH3 is 1. The minimum Gasteiger partial charge on any atom is -0.495 e. The van der Waals surface area contributed by atoms with Crippen LogP contribution in [-0.4, -0.2) is 59.9 Å². The second kappa shape index (κ2) is 15.7. The van der Waals surface area contributed by atoms with Crippen molar-refractivity contribution >= 4 is 35.3 Å². The Kier molecular flexibility index (Phi) is 13.0. The van der Waals surface area contributed by atoms with Crippen molar-refractivity contribution in [2.24, 2.45) is 5.41 Å². The number of Topliss-reactive ketones (excluding diaryl/α,β-unsaturated/α-hetero) is 1. The fraction of sp³-hybridized carbons (Fsp3) is 0.656. The van der Waals surface area contributed by atoms with Gasteiger partial charge in [0.25, 0.3) is 11.8 Å². The Balaban J connectivity index is 2.05. The van der Waals surface area contributed by atoms with Crippen LogP contribution in [0.2, 0.25) is 0 Å². The zero-order valence-corrected chi connectivity index (χ0v) is 26.3. The molecule has 1 aliphatic heterocycles. The number of unbranched alkanes of at least 4 members (excludes halogenated alkanes) is 9. The Bertz CT molecular complexity index is 1120. The SMILES string of the molecule is CCCCCCCCCCCCOC(=O)c1ccc(OC)c(NC(=O)C(C(=O)C(C)(C)C)N2C(=O)OC(C)(C)C2=O)c1. The monoisotopic (exact) mass is 588 g/mol. The van der Waals surface area contributed by atoms with Crippen molar-refractivity contribution in [3.8, 4) is 5.75 Å². The molecule has 2 rings (SSSR count). The summed E-state index contributed by atoms with van der Waals surface area (Å²) >= 11 is 0. The van der Waals surface area contributed by atoms with E-state index in [1.165, 1.54) is 84.1 Å².